The number of hydrogen-bond donors (Lipinski definition) is 1. The van der Waals surface area contributed by atoms with E-state index >= 15 is 0 Å². The van der Waals surface area contributed by atoms with E-state index in [0.717, 1.165) is 41.8 Å². The molecule has 2 aromatic rings. The van der Waals surface area contributed by atoms with E-state index in [2.05, 4.69) is 32.2 Å². The average molecular weight is 413 g/mol. The van der Waals surface area contributed by atoms with E-state index < -0.39 is 0 Å². The van der Waals surface area contributed by atoms with Crippen LogP contribution in [0.3, 0.4) is 0 Å². The molecule has 1 heterocycles. The topological polar surface area (TPSA) is 52.9 Å². The first-order valence-corrected chi connectivity index (χ1v) is 11.1. The molecule has 1 aromatic carbocycles. The molecular formula is C23H25ClN2OS. The smallest absolute Gasteiger partial charge is 0.228 e. The normalized spacial score (nSPS) is 23.6. The molecule has 1 amide bonds. The maximum absolute atomic E-state index is 12.8. The van der Waals surface area contributed by atoms with Crippen LogP contribution in [0.15, 0.2) is 24.3 Å². The van der Waals surface area contributed by atoms with Gasteiger partial charge in [-0.3, -0.25) is 4.79 Å². The number of rotatable bonds is 3. The molecular weight excluding hydrogens is 388 g/mol. The van der Waals surface area contributed by atoms with Gasteiger partial charge in [-0.15, -0.1) is 11.3 Å². The predicted molar refractivity (Wildman–Crippen MR) is 115 cm³/mol. The number of fused-ring (bicyclic) bond motifs is 1. The number of amides is 1. The Labute approximate surface area is 175 Å². The van der Waals surface area contributed by atoms with Crippen molar-refractivity contribution >= 4 is 33.8 Å². The van der Waals surface area contributed by atoms with Gasteiger partial charge in [-0.05, 0) is 66.2 Å². The van der Waals surface area contributed by atoms with Gasteiger partial charge >= 0.3 is 0 Å². The molecule has 5 heteroatoms. The summed E-state index contributed by atoms with van der Waals surface area (Å²) < 4.78 is 0. The number of thiophene rings is 1. The molecule has 3 nitrogen and oxygen atoms in total. The second-order valence-electron chi connectivity index (χ2n) is 9.11. The summed E-state index contributed by atoms with van der Waals surface area (Å²) in [4.78, 5) is 14.1. The van der Waals surface area contributed by atoms with Crippen LogP contribution in [-0.2, 0) is 17.6 Å². The van der Waals surface area contributed by atoms with Crippen molar-refractivity contribution in [2.24, 2.45) is 17.3 Å². The van der Waals surface area contributed by atoms with Crippen LogP contribution in [0.1, 0.15) is 61.1 Å². The minimum absolute atomic E-state index is 0.0193. The molecule has 0 spiro atoms. The molecule has 1 fully saturated rings. The zero-order valence-corrected chi connectivity index (χ0v) is 18.1. The van der Waals surface area contributed by atoms with E-state index in [-0.39, 0.29) is 23.2 Å². The van der Waals surface area contributed by atoms with E-state index in [1.54, 1.807) is 11.3 Å². The van der Waals surface area contributed by atoms with Crippen LogP contribution in [0, 0.1) is 28.6 Å². The average Bonchev–Trinajstić information content (AvgIpc) is 3.37. The number of hydrogen-bond acceptors (Lipinski definition) is 3. The van der Waals surface area contributed by atoms with Gasteiger partial charge in [-0.1, -0.05) is 44.5 Å². The van der Waals surface area contributed by atoms with Gasteiger partial charge in [0.2, 0.25) is 5.91 Å². The number of halogens is 1. The quantitative estimate of drug-likeness (QED) is 0.655. The number of anilines is 1. The lowest BCUT2D eigenvalue weighted by Gasteiger charge is -2.33. The molecule has 1 saturated carbocycles. The standard InChI is InChI=1S/C23H25ClN2OS/c1-23(2,3)14-6-9-16-19(12-25)22(28-20(16)10-14)26-21(27)18-11-17(18)13-4-7-15(24)8-5-13/h4-5,7-8,14,17-18H,6,9-11H2,1-3H3,(H,26,27). The highest BCUT2D eigenvalue weighted by molar-refractivity contribution is 7.16. The van der Waals surface area contributed by atoms with Crippen molar-refractivity contribution < 1.29 is 4.79 Å². The first-order valence-electron chi connectivity index (χ1n) is 9.89. The SMILES string of the molecule is CC(C)(C)C1CCc2c(sc(NC(=O)C3CC3c3ccc(Cl)cc3)c2C#N)C1. The Morgan fingerprint density at radius 2 is 2.00 bits per heavy atom. The maximum atomic E-state index is 12.8. The summed E-state index contributed by atoms with van der Waals surface area (Å²) >= 11 is 7.56. The number of carbonyl (C=O) groups is 1. The Hall–Kier alpha value is -1.83. The van der Waals surface area contributed by atoms with Crippen LogP contribution in [0.5, 0.6) is 0 Å². The molecule has 28 heavy (non-hydrogen) atoms. The molecule has 2 aliphatic rings. The van der Waals surface area contributed by atoms with Crippen LogP contribution in [0.2, 0.25) is 5.02 Å². The minimum atomic E-state index is -0.0193. The molecule has 2 aliphatic carbocycles. The highest BCUT2D eigenvalue weighted by atomic mass is 35.5. The lowest BCUT2D eigenvalue weighted by atomic mass is 9.72. The summed E-state index contributed by atoms with van der Waals surface area (Å²) in [5.41, 5.74) is 3.26. The Morgan fingerprint density at radius 1 is 1.29 bits per heavy atom. The third kappa shape index (κ3) is 3.71. The van der Waals surface area contributed by atoms with Crippen molar-refractivity contribution in [2.75, 3.05) is 5.32 Å². The van der Waals surface area contributed by atoms with E-state index in [4.69, 9.17) is 11.6 Å². The minimum Gasteiger partial charge on any atom is -0.316 e. The molecule has 0 aliphatic heterocycles. The van der Waals surface area contributed by atoms with Crippen LogP contribution in [0.25, 0.3) is 0 Å². The zero-order valence-electron chi connectivity index (χ0n) is 16.5. The monoisotopic (exact) mass is 412 g/mol. The molecule has 0 bridgehead atoms. The first-order chi connectivity index (χ1) is 13.3. The largest absolute Gasteiger partial charge is 0.316 e. The van der Waals surface area contributed by atoms with E-state index in [1.807, 2.05) is 24.3 Å². The van der Waals surface area contributed by atoms with E-state index in [0.29, 0.717) is 16.5 Å². The van der Waals surface area contributed by atoms with Gasteiger partial charge < -0.3 is 5.32 Å². The van der Waals surface area contributed by atoms with E-state index in [9.17, 15) is 10.1 Å². The molecule has 3 unspecified atom stereocenters. The molecule has 146 valence electrons. The molecule has 1 aromatic heterocycles. The summed E-state index contributed by atoms with van der Waals surface area (Å²) in [7, 11) is 0. The maximum Gasteiger partial charge on any atom is 0.228 e. The number of nitrogens with zero attached hydrogens (tertiary/aromatic N) is 1. The van der Waals surface area contributed by atoms with Gasteiger partial charge in [0.25, 0.3) is 0 Å². The summed E-state index contributed by atoms with van der Waals surface area (Å²) in [6, 6.07) is 10.1. The Morgan fingerprint density at radius 3 is 2.64 bits per heavy atom. The summed E-state index contributed by atoms with van der Waals surface area (Å²) in [5, 5.41) is 14.2. The van der Waals surface area contributed by atoms with Crippen molar-refractivity contribution in [1.82, 2.24) is 0 Å². The molecule has 1 N–H and O–H groups in total. The van der Waals surface area contributed by atoms with Crippen LogP contribution in [0.4, 0.5) is 5.00 Å². The van der Waals surface area contributed by atoms with E-state index in [1.165, 1.54) is 4.88 Å². The van der Waals surface area contributed by atoms with Gasteiger partial charge in [0.1, 0.15) is 11.1 Å². The third-order valence-corrected chi connectivity index (χ3v) is 7.69. The fourth-order valence-corrected chi connectivity index (χ4v) is 5.71. The molecule has 4 rings (SSSR count). The summed E-state index contributed by atoms with van der Waals surface area (Å²) in [5.74, 6) is 0.880. The Bertz CT molecular complexity index is 949. The van der Waals surface area contributed by atoms with Gasteiger partial charge in [-0.25, -0.2) is 0 Å². The zero-order chi connectivity index (χ0) is 20.1. The lowest BCUT2D eigenvalue weighted by Crippen LogP contribution is -2.26. The second kappa shape index (κ2) is 7.21. The third-order valence-electron chi connectivity index (χ3n) is 6.26. The highest BCUT2D eigenvalue weighted by Crippen LogP contribution is 2.49. The van der Waals surface area contributed by atoms with Crippen LogP contribution < -0.4 is 5.32 Å². The van der Waals surface area contributed by atoms with Gasteiger partial charge in [0.05, 0.1) is 5.56 Å². The Kier molecular flexibility index (Phi) is 5.02. The van der Waals surface area contributed by atoms with Gasteiger partial charge in [-0.2, -0.15) is 5.26 Å². The molecule has 0 radical (unpaired) electrons. The fourth-order valence-electron chi connectivity index (χ4n) is 4.30. The van der Waals surface area contributed by atoms with Crippen molar-refractivity contribution in [1.29, 1.82) is 5.26 Å². The number of nitriles is 1. The van der Waals surface area contributed by atoms with Crippen molar-refractivity contribution in [3.63, 3.8) is 0 Å². The van der Waals surface area contributed by atoms with Crippen LogP contribution in [-0.4, -0.2) is 5.91 Å². The van der Waals surface area contributed by atoms with Gasteiger partial charge in [0, 0.05) is 15.8 Å². The first kappa shape index (κ1) is 19.5. The number of benzene rings is 1. The van der Waals surface area contributed by atoms with Gasteiger partial charge in [0.15, 0.2) is 0 Å². The predicted octanol–water partition coefficient (Wildman–Crippen LogP) is 6.17. The molecule has 0 saturated heterocycles. The lowest BCUT2D eigenvalue weighted by molar-refractivity contribution is -0.117. The van der Waals surface area contributed by atoms with Crippen molar-refractivity contribution in [3.05, 3.63) is 50.9 Å². The number of carbonyl (C=O) groups excluding carboxylic acids is 1. The summed E-state index contributed by atoms with van der Waals surface area (Å²) in [6.45, 7) is 6.86. The van der Waals surface area contributed by atoms with Crippen molar-refractivity contribution in [2.45, 2.75) is 52.4 Å². The number of nitrogens with one attached hydrogen (secondary N) is 1. The molecule has 3 atom stereocenters. The van der Waals surface area contributed by atoms with Crippen LogP contribution >= 0.6 is 22.9 Å². The Balaban J connectivity index is 1.49. The fraction of sp³-hybridized carbons (Fsp3) is 0.478. The highest BCUT2D eigenvalue weighted by Gasteiger charge is 2.44. The van der Waals surface area contributed by atoms with Crippen molar-refractivity contribution in [3.8, 4) is 6.07 Å². The summed E-state index contributed by atoms with van der Waals surface area (Å²) in [6.07, 6.45) is 3.90. The second-order valence-corrected chi connectivity index (χ2v) is 10.7.